The molecule has 2 aromatic rings. The third-order valence-corrected chi connectivity index (χ3v) is 3.20. The maximum atomic E-state index is 13.7. The smallest absolute Gasteiger partial charge is 0.358 e. The van der Waals surface area contributed by atoms with Gasteiger partial charge in [-0.1, -0.05) is 34.1 Å². The lowest BCUT2D eigenvalue weighted by Crippen LogP contribution is -2.09. The summed E-state index contributed by atoms with van der Waals surface area (Å²) >= 11 is 3.18. The van der Waals surface area contributed by atoms with Crippen molar-refractivity contribution in [3.63, 3.8) is 0 Å². The molecular weight excluding hydrogens is 317 g/mol. The average molecular weight is 328 g/mol. The van der Waals surface area contributed by atoms with Crippen molar-refractivity contribution < 1.29 is 14.3 Å². The number of carbonyl (C=O) groups is 1. The van der Waals surface area contributed by atoms with E-state index in [-0.39, 0.29) is 18.1 Å². The second-order valence-electron chi connectivity index (χ2n) is 3.94. The maximum absolute atomic E-state index is 13.7. The number of rotatable bonds is 4. The molecule has 0 atom stereocenters. The molecule has 1 aromatic heterocycles. The predicted octanol–water partition coefficient (Wildman–Crippen LogP) is 2.49. The van der Waals surface area contributed by atoms with Crippen molar-refractivity contribution in [3.8, 4) is 0 Å². The number of carboxylic acids is 1. The van der Waals surface area contributed by atoms with Gasteiger partial charge in [0.15, 0.2) is 5.69 Å². The van der Waals surface area contributed by atoms with E-state index in [0.717, 1.165) is 0 Å². The zero-order chi connectivity index (χ0) is 14.0. The van der Waals surface area contributed by atoms with Gasteiger partial charge in [-0.25, -0.2) is 13.9 Å². The van der Waals surface area contributed by atoms with Gasteiger partial charge >= 0.3 is 5.97 Å². The number of hydrogen-bond donors (Lipinski definition) is 1. The SMILES string of the molecule is CCc1c(C(=O)O)nnn1Cc1ccc(Br)cc1F. The van der Waals surface area contributed by atoms with Crippen molar-refractivity contribution in [1.29, 1.82) is 0 Å². The Morgan fingerprint density at radius 2 is 2.26 bits per heavy atom. The predicted molar refractivity (Wildman–Crippen MR) is 69.6 cm³/mol. The normalized spacial score (nSPS) is 10.7. The molecule has 2 rings (SSSR count). The topological polar surface area (TPSA) is 68.0 Å². The van der Waals surface area contributed by atoms with Gasteiger partial charge in [0.25, 0.3) is 0 Å². The van der Waals surface area contributed by atoms with Crippen molar-refractivity contribution in [2.24, 2.45) is 0 Å². The second kappa shape index (κ2) is 5.48. The quantitative estimate of drug-likeness (QED) is 0.936. The molecule has 0 amide bonds. The highest BCUT2D eigenvalue weighted by Crippen LogP contribution is 2.17. The highest BCUT2D eigenvalue weighted by atomic mass is 79.9. The molecule has 1 aromatic carbocycles. The largest absolute Gasteiger partial charge is 0.476 e. The van der Waals surface area contributed by atoms with E-state index < -0.39 is 5.97 Å². The first-order valence-electron chi connectivity index (χ1n) is 5.62. The van der Waals surface area contributed by atoms with Crippen LogP contribution in [0.4, 0.5) is 4.39 Å². The third-order valence-electron chi connectivity index (χ3n) is 2.71. The van der Waals surface area contributed by atoms with Crippen molar-refractivity contribution >= 4 is 21.9 Å². The summed E-state index contributed by atoms with van der Waals surface area (Å²) in [6, 6.07) is 4.70. The van der Waals surface area contributed by atoms with E-state index in [1.807, 2.05) is 0 Å². The Hall–Kier alpha value is -1.76. The van der Waals surface area contributed by atoms with E-state index >= 15 is 0 Å². The molecule has 7 heteroatoms. The number of carboxylic acid groups (broad SMARTS) is 1. The first kappa shape index (κ1) is 13.7. The van der Waals surface area contributed by atoms with E-state index in [0.29, 0.717) is 22.2 Å². The maximum Gasteiger partial charge on any atom is 0.358 e. The van der Waals surface area contributed by atoms with Gasteiger partial charge in [0.1, 0.15) is 5.82 Å². The Morgan fingerprint density at radius 3 is 2.84 bits per heavy atom. The van der Waals surface area contributed by atoms with E-state index in [9.17, 15) is 9.18 Å². The molecule has 19 heavy (non-hydrogen) atoms. The van der Waals surface area contributed by atoms with Crippen LogP contribution in [0.25, 0.3) is 0 Å². The van der Waals surface area contributed by atoms with Gasteiger partial charge in [0, 0.05) is 10.0 Å². The van der Waals surface area contributed by atoms with E-state index in [1.165, 1.54) is 10.7 Å². The van der Waals surface area contributed by atoms with Crippen molar-refractivity contribution in [3.05, 3.63) is 45.4 Å². The number of aromatic nitrogens is 3. The van der Waals surface area contributed by atoms with Gasteiger partial charge in [-0.2, -0.15) is 0 Å². The zero-order valence-electron chi connectivity index (χ0n) is 10.1. The van der Waals surface area contributed by atoms with Gasteiger partial charge in [0.2, 0.25) is 0 Å². The number of hydrogen-bond acceptors (Lipinski definition) is 3. The zero-order valence-corrected chi connectivity index (χ0v) is 11.7. The summed E-state index contributed by atoms with van der Waals surface area (Å²) < 4.78 is 15.8. The van der Waals surface area contributed by atoms with Crippen molar-refractivity contribution in [2.75, 3.05) is 0 Å². The van der Waals surface area contributed by atoms with Crippen LogP contribution in [0, 0.1) is 5.82 Å². The van der Waals surface area contributed by atoms with Crippen LogP contribution in [-0.4, -0.2) is 26.1 Å². The first-order valence-corrected chi connectivity index (χ1v) is 6.41. The molecule has 0 fully saturated rings. The summed E-state index contributed by atoms with van der Waals surface area (Å²) in [6.45, 7) is 1.96. The Labute approximate surface area is 117 Å². The van der Waals surface area contributed by atoms with Crippen LogP contribution in [-0.2, 0) is 13.0 Å². The molecule has 0 aliphatic rings. The highest BCUT2D eigenvalue weighted by molar-refractivity contribution is 9.10. The molecule has 5 nitrogen and oxygen atoms in total. The molecule has 0 radical (unpaired) electrons. The van der Waals surface area contributed by atoms with Crippen LogP contribution in [0.1, 0.15) is 28.7 Å². The second-order valence-corrected chi connectivity index (χ2v) is 4.85. The average Bonchev–Trinajstić information content (AvgIpc) is 2.75. The van der Waals surface area contributed by atoms with Crippen LogP contribution < -0.4 is 0 Å². The minimum absolute atomic E-state index is 0.0833. The van der Waals surface area contributed by atoms with Crippen molar-refractivity contribution in [1.82, 2.24) is 15.0 Å². The highest BCUT2D eigenvalue weighted by Gasteiger charge is 2.18. The van der Waals surface area contributed by atoms with Crippen LogP contribution in [0.5, 0.6) is 0 Å². The molecule has 0 bridgehead atoms. The lowest BCUT2D eigenvalue weighted by atomic mass is 10.2. The number of aromatic carboxylic acids is 1. The Morgan fingerprint density at radius 1 is 1.53 bits per heavy atom. The van der Waals surface area contributed by atoms with E-state index in [1.54, 1.807) is 19.1 Å². The fraction of sp³-hybridized carbons (Fsp3) is 0.250. The van der Waals surface area contributed by atoms with Gasteiger partial charge in [-0.3, -0.25) is 0 Å². The van der Waals surface area contributed by atoms with Crippen molar-refractivity contribution in [2.45, 2.75) is 19.9 Å². The molecule has 0 saturated heterocycles. The molecule has 1 heterocycles. The molecule has 100 valence electrons. The summed E-state index contributed by atoms with van der Waals surface area (Å²) in [7, 11) is 0. The minimum Gasteiger partial charge on any atom is -0.476 e. The summed E-state index contributed by atoms with van der Waals surface area (Å²) in [5, 5.41) is 16.4. The van der Waals surface area contributed by atoms with E-state index in [2.05, 4.69) is 26.2 Å². The van der Waals surface area contributed by atoms with Gasteiger partial charge in [-0.15, -0.1) is 5.10 Å². The van der Waals surface area contributed by atoms with Gasteiger partial charge in [-0.05, 0) is 18.6 Å². The lowest BCUT2D eigenvalue weighted by Gasteiger charge is -2.06. The van der Waals surface area contributed by atoms with Crippen LogP contribution in [0.15, 0.2) is 22.7 Å². The summed E-state index contributed by atoms with van der Waals surface area (Å²) in [4.78, 5) is 11.0. The minimum atomic E-state index is -1.13. The molecule has 0 aliphatic heterocycles. The molecule has 1 N–H and O–H groups in total. The summed E-state index contributed by atoms with van der Waals surface area (Å²) in [5.41, 5.74) is 0.828. The molecule has 0 unspecified atom stereocenters. The summed E-state index contributed by atoms with van der Waals surface area (Å²) in [6.07, 6.45) is 0.465. The first-order chi connectivity index (χ1) is 9.02. The molecule has 0 spiro atoms. The Balaban J connectivity index is 2.35. The standard InChI is InChI=1S/C12H11BrFN3O2/c1-2-10-11(12(18)19)15-16-17(10)6-7-3-4-8(13)5-9(7)14/h3-5H,2,6H2,1H3,(H,18,19). The number of nitrogens with zero attached hydrogens (tertiary/aromatic N) is 3. The van der Waals surface area contributed by atoms with Crippen LogP contribution in [0.3, 0.4) is 0 Å². The monoisotopic (exact) mass is 327 g/mol. The van der Waals surface area contributed by atoms with Crippen LogP contribution in [0.2, 0.25) is 0 Å². The molecule has 0 aliphatic carbocycles. The Bertz CT molecular complexity index is 627. The molecule has 0 saturated carbocycles. The Kier molecular flexibility index (Phi) is 3.94. The third kappa shape index (κ3) is 2.81. The number of halogens is 2. The van der Waals surface area contributed by atoms with Crippen LogP contribution >= 0.6 is 15.9 Å². The fourth-order valence-electron chi connectivity index (χ4n) is 1.79. The fourth-order valence-corrected chi connectivity index (χ4v) is 2.12. The van der Waals surface area contributed by atoms with E-state index in [4.69, 9.17) is 5.11 Å². The van der Waals surface area contributed by atoms with Gasteiger partial charge < -0.3 is 5.11 Å². The van der Waals surface area contributed by atoms with Gasteiger partial charge in [0.05, 0.1) is 12.2 Å². The molecular formula is C12H11BrFN3O2. The summed E-state index contributed by atoms with van der Waals surface area (Å²) in [5.74, 6) is -1.50. The lowest BCUT2D eigenvalue weighted by molar-refractivity contribution is 0.0689. The number of benzene rings is 1.